The van der Waals surface area contributed by atoms with Gasteiger partial charge in [-0.2, -0.15) is 0 Å². The molecule has 6 heteroatoms. The molecule has 1 aliphatic rings. The Balaban J connectivity index is 0.00000288. The predicted octanol–water partition coefficient (Wildman–Crippen LogP) is 2.08. The summed E-state index contributed by atoms with van der Waals surface area (Å²) in [5.74, 6) is 0.821. The fourth-order valence-corrected chi connectivity index (χ4v) is 2.97. The van der Waals surface area contributed by atoms with Gasteiger partial charge in [0.1, 0.15) is 0 Å². The molecule has 1 aromatic carbocycles. The van der Waals surface area contributed by atoms with Gasteiger partial charge in [0.25, 0.3) is 5.91 Å². The Labute approximate surface area is 150 Å². The fourth-order valence-electron chi connectivity index (χ4n) is 2.97. The normalized spacial score (nSPS) is 14.8. The molecular weight excluding hydrogens is 326 g/mol. The van der Waals surface area contributed by atoms with E-state index in [2.05, 4.69) is 10.6 Å². The molecule has 1 saturated heterocycles. The molecule has 1 heterocycles. The van der Waals surface area contributed by atoms with Crippen LogP contribution in [-0.2, 0) is 4.79 Å². The van der Waals surface area contributed by atoms with Gasteiger partial charge in [0.15, 0.2) is 0 Å². The quantitative estimate of drug-likeness (QED) is 0.738. The summed E-state index contributed by atoms with van der Waals surface area (Å²) in [5, 5.41) is 6.07. The molecule has 0 spiro atoms. The molecule has 24 heavy (non-hydrogen) atoms. The molecule has 2 rings (SSSR count). The summed E-state index contributed by atoms with van der Waals surface area (Å²) in [7, 11) is 1.97. The van der Waals surface area contributed by atoms with Gasteiger partial charge in [-0.3, -0.25) is 9.59 Å². The van der Waals surface area contributed by atoms with E-state index in [-0.39, 0.29) is 24.2 Å². The molecule has 0 radical (unpaired) electrons. The van der Waals surface area contributed by atoms with Crippen molar-refractivity contribution in [3.63, 3.8) is 0 Å². The van der Waals surface area contributed by atoms with Gasteiger partial charge in [-0.15, -0.1) is 12.4 Å². The number of rotatable bonds is 7. The maximum absolute atomic E-state index is 12.2. The number of piperidine rings is 1. The van der Waals surface area contributed by atoms with Crippen molar-refractivity contribution in [1.82, 2.24) is 15.5 Å². The fraction of sp³-hybridized carbons (Fsp3) is 0.556. The molecule has 0 atom stereocenters. The van der Waals surface area contributed by atoms with Gasteiger partial charge in [0, 0.05) is 31.6 Å². The second-order valence-electron chi connectivity index (χ2n) is 6.11. The number of likely N-dealkylation sites (tertiary alicyclic amines) is 1. The first-order valence-electron chi connectivity index (χ1n) is 8.46. The highest BCUT2D eigenvalue weighted by Crippen LogP contribution is 2.17. The van der Waals surface area contributed by atoms with Crippen LogP contribution < -0.4 is 10.6 Å². The summed E-state index contributed by atoms with van der Waals surface area (Å²) >= 11 is 0. The number of hydrogen-bond donors (Lipinski definition) is 2. The highest BCUT2D eigenvalue weighted by atomic mass is 35.5. The topological polar surface area (TPSA) is 61.4 Å². The molecule has 0 aliphatic carbocycles. The van der Waals surface area contributed by atoms with Crippen LogP contribution in [-0.4, -0.2) is 49.9 Å². The third-order valence-corrected chi connectivity index (χ3v) is 4.35. The van der Waals surface area contributed by atoms with Gasteiger partial charge < -0.3 is 15.5 Å². The second-order valence-corrected chi connectivity index (χ2v) is 6.11. The molecule has 1 fully saturated rings. The van der Waals surface area contributed by atoms with Crippen molar-refractivity contribution < 1.29 is 9.59 Å². The van der Waals surface area contributed by atoms with Crippen molar-refractivity contribution >= 4 is 24.2 Å². The summed E-state index contributed by atoms with van der Waals surface area (Å²) in [5.41, 5.74) is 0.658. The maximum Gasteiger partial charge on any atom is 0.251 e. The van der Waals surface area contributed by atoms with E-state index < -0.39 is 0 Å². The first-order valence-corrected chi connectivity index (χ1v) is 8.46. The van der Waals surface area contributed by atoms with E-state index >= 15 is 0 Å². The van der Waals surface area contributed by atoms with Gasteiger partial charge in [0.2, 0.25) is 5.91 Å². The Bertz CT molecular complexity index is 502. The predicted molar refractivity (Wildman–Crippen MR) is 98.5 cm³/mol. The summed E-state index contributed by atoms with van der Waals surface area (Å²) in [6.45, 7) is 3.30. The van der Waals surface area contributed by atoms with Crippen molar-refractivity contribution in [1.29, 1.82) is 0 Å². The van der Waals surface area contributed by atoms with E-state index in [1.807, 2.05) is 30.1 Å². The Morgan fingerprint density at radius 1 is 1.17 bits per heavy atom. The zero-order chi connectivity index (χ0) is 16.5. The Morgan fingerprint density at radius 2 is 1.83 bits per heavy atom. The lowest BCUT2D eigenvalue weighted by Gasteiger charge is -2.32. The number of hydrogen-bond acceptors (Lipinski definition) is 3. The maximum atomic E-state index is 12.2. The molecule has 0 bridgehead atoms. The van der Waals surface area contributed by atoms with Crippen LogP contribution in [0.15, 0.2) is 30.3 Å². The van der Waals surface area contributed by atoms with E-state index in [1.54, 1.807) is 12.1 Å². The minimum atomic E-state index is -0.0778. The molecule has 2 N–H and O–H groups in total. The highest BCUT2D eigenvalue weighted by Gasteiger charge is 2.21. The van der Waals surface area contributed by atoms with Gasteiger partial charge >= 0.3 is 0 Å². The monoisotopic (exact) mass is 353 g/mol. The zero-order valence-corrected chi connectivity index (χ0v) is 15.1. The molecule has 2 amide bonds. The largest absolute Gasteiger partial charge is 0.352 e. The van der Waals surface area contributed by atoms with E-state index in [1.165, 1.54) is 0 Å². The molecule has 5 nitrogen and oxygen atoms in total. The lowest BCUT2D eigenvalue weighted by Crippen LogP contribution is -2.40. The van der Waals surface area contributed by atoms with Gasteiger partial charge in [-0.05, 0) is 50.9 Å². The van der Waals surface area contributed by atoms with Gasteiger partial charge in [0.05, 0.1) is 0 Å². The molecule has 134 valence electrons. The summed E-state index contributed by atoms with van der Waals surface area (Å²) < 4.78 is 0. The van der Waals surface area contributed by atoms with Crippen molar-refractivity contribution in [2.75, 3.05) is 33.2 Å². The standard InChI is InChI=1S/C18H27N3O2.ClH/c1-19-14-15-9-12-21(13-10-15)17(22)8-5-11-20-18(23)16-6-3-2-4-7-16;/h2-4,6-7,15,19H,5,8-14H2,1H3,(H,20,23);1H. The van der Waals surface area contributed by atoms with E-state index in [0.29, 0.717) is 30.9 Å². The lowest BCUT2D eigenvalue weighted by atomic mass is 9.96. The minimum Gasteiger partial charge on any atom is -0.352 e. The van der Waals surface area contributed by atoms with Gasteiger partial charge in [-0.1, -0.05) is 18.2 Å². The van der Waals surface area contributed by atoms with Crippen LogP contribution in [0, 0.1) is 5.92 Å². The summed E-state index contributed by atoms with van der Waals surface area (Å²) in [4.78, 5) is 26.0. The van der Waals surface area contributed by atoms with Crippen molar-refractivity contribution in [2.45, 2.75) is 25.7 Å². The molecule has 1 aromatic rings. The van der Waals surface area contributed by atoms with Crippen molar-refractivity contribution in [3.8, 4) is 0 Å². The number of nitrogens with one attached hydrogen (secondary N) is 2. The molecule has 1 aliphatic heterocycles. The second kappa shape index (κ2) is 11.0. The first-order chi connectivity index (χ1) is 11.2. The summed E-state index contributed by atoms with van der Waals surface area (Å²) in [6.07, 6.45) is 3.36. The Kier molecular flexibility index (Phi) is 9.42. The van der Waals surface area contributed by atoms with Crippen LogP contribution in [0.1, 0.15) is 36.0 Å². The number of benzene rings is 1. The Morgan fingerprint density at radius 3 is 2.46 bits per heavy atom. The van der Waals surface area contributed by atoms with Crippen molar-refractivity contribution in [2.24, 2.45) is 5.92 Å². The third-order valence-electron chi connectivity index (χ3n) is 4.35. The minimum absolute atomic E-state index is 0. The van der Waals surface area contributed by atoms with E-state index in [9.17, 15) is 9.59 Å². The van der Waals surface area contributed by atoms with Crippen LogP contribution in [0.3, 0.4) is 0 Å². The average Bonchev–Trinajstić information content (AvgIpc) is 2.60. The number of amides is 2. The number of halogens is 1. The van der Waals surface area contributed by atoms with E-state index in [0.717, 1.165) is 32.5 Å². The molecule has 0 saturated carbocycles. The summed E-state index contributed by atoms with van der Waals surface area (Å²) in [6, 6.07) is 9.15. The van der Waals surface area contributed by atoms with E-state index in [4.69, 9.17) is 0 Å². The van der Waals surface area contributed by atoms with Gasteiger partial charge in [-0.25, -0.2) is 0 Å². The van der Waals surface area contributed by atoms with Crippen LogP contribution in [0.4, 0.5) is 0 Å². The molecule has 0 unspecified atom stereocenters. The number of carbonyl (C=O) groups excluding carboxylic acids is 2. The van der Waals surface area contributed by atoms with Crippen molar-refractivity contribution in [3.05, 3.63) is 35.9 Å². The first kappa shape index (κ1) is 20.5. The SMILES string of the molecule is CNCC1CCN(C(=O)CCCNC(=O)c2ccccc2)CC1.Cl. The molecule has 0 aromatic heterocycles. The van der Waals surface area contributed by atoms with Crippen LogP contribution in [0.2, 0.25) is 0 Å². The van der Waals surface area contributed by atoms with Crippen LogP contribution in [0.25, 0.3) is 0 Å². The Hall–Kier alpha value is -1.59. The highest BCUT2D eigenvalue weighted by molar-refractivity contribution is 5.94. The number of nitrogens with zero attached hydrogens (tertiary/aromatic N) is 1. The lowest BCUT2D eigenvalue weighted by molar-refractivity contribution is -0.132. The molecular formula is C18H28ClN3O2. The smallest absolute Gasteiger partial charge is 0.251 e. The third kappa shape index (κ3) is 6.49. The average molecular weight is 354 g/mol. The van der Waals surface area contributed by atoms with Crippen LogP contribution in [0.5, 0.6) is 0 Å². The number of carbonyl (C=O) groups is 2. The zero-order valence-electron chi connectivity index (χ0n) is 14.3. The van der Waals surface area contributed by atoms with Crippen LogP contribution >= 0.6 is 12.4 Å².